The van der Waals surface area contributed by atoms with Gasteiger partial charge in [-0.05, 0) is 24.0 Å². The van der Waals surface area contributed by atoms with Crippen LogP contribution in [0.5, 0.6) is 0 Å². The number of nitrogen functional groups attached to an aromatic ring is 1. The van der Waals surface area contributed by atoms with E-state index in [1.165, 1.54) is 11.1 Å². The molecular weight excluding hydrogens is 198 g/mol. The highest BCUT2D eigenvalue weighted by molar-refractivity contribution is 5.86. The molecule has 0 fully saturated rings. The van der Waals surface area contributed by atoms with E-state index >= 15 is 0 Å². The second kappa shape index (κ2) is 3.81. The Bertz CT molecular complexity index is 464. The molecule has 2 rings (SSSR count). The summed E-state index contributed by atoms with van der Waals surface area (Å²) in [7, 11) is 0. The summed E-state index contributed by atoms with van der Waals surface area (Å²) < 4.78 is 1.83. The van der Waals surface area contributed by atoms with Crippen LogP contribution in [0.4, 0.5) is 0 Å². The van der Waals surface area contributed by atoms with Gasteiger partial charge in [0, 0.05) is 11.6 Å². The average Bonchev–Trinajstić information content (AvgIpc) is 2.49. The van der Waals surface area contributed by atoms with Gasteiger partial charge in [-0.15, -0.1) is 0 Å². The van der Waals surface area contributed by atoms with Crippen LogP contribution in [0.15, 0.2) is 18.3 Å². The molecule has 2 N–H and O–H groups in total. The topological polar surface area (TPSA) is 43.8 Å². The minimum Gasteiger partial charge on any atom is -0.339 e. The van der Waals surface area contributed by atoms with Crippen LogP contribution in [-0.4, -0.2) is 9.66 Å². The molecule has 0 aromatic carbocycles. The lowest BCUT2D eigenvalue weighted by Crippen LogP contribution is -2.17. The molecule has 0 aliphatic heterocycles. The van der Waals surface area contributed by atoms with E-state index in [-0.39, 0.29) is 0 Å². The van der Waals surface area contributed by atoms with Crippen LogP contribution in [0, 0.1) is 0 Å². The summed E-state index contributed by atoms with van der Waals surface area (Å²) in [6.45, 7) is 8.62. The van der Waals surface area contributed by atoms with Gasteiger partial charge in [0.2, 0.25) is 0 Å². The Morgan fingerprint density at radius 2 is 1.75 bits per heavy atom. The molecule has 0 amide bonds. The summed E-state index contributed by atoms with van der Waals surface area (Å²) in [5, 5.41) is 1.18. The molecule has 0 atom stereocenters. The van der Waals surface area contributed by atoms with E-state index in [9.17, 15) is 0 Å². The molecule has 0 radical (unpaired) electrons. The van der Waals surface area contributed by atoms with E-state index < -0.39 is 0 Å². The molecule has 2 aromatic heterocycles. The largest absolute Gasteiger partial charge is 0.339 e. The van der Waals surface area contributed by atoms with Gasteiger partial charge in [0.15, 0.2) is 0 Å². The number of nitrogens with zero attached hydrogens (tertiary/aromatic N) is 2. The third-order valence-corrected chi connectivity index (χ3v) is 2.94. The minimum absolute atomic E-state index is 0.384. The lowest BCUT2D eigenvalue weighted by Gasteiger charge is -2.11. The molecule has 2 aromatic rings. The van der Waals surface area contributed by atoms with Crippen LogP contribution in [0.2, 0.25) is 0 Å². The molecule has 0 unspecified atom stereocenters. The van der Waals surface area contributed by atoms with Gasteiger partial charge in [-0.2, -0.15) is 0 Å². The van der Waals surface area contributed by atoms with Gasteiger partial charge in [-0.1, -0.05) is 27.7 Å². The van der Waals surface area contributed by atoms with Crippen molar-refractivity contribution < 1.29 is 0 Å². The highest BCUT2D eigenvalue weighted by atomic mass is 15.3. The minimum atomic E-state index is 0.384. The molecule has 0 saturated carbocycles. The fourth-order valence-corrected chi connectivity index (χ4v) is 2.33. The summed E-state index contributed by atoms with van der Waals surface area (Å²) in [6, 6.07) is 4.07. The molecule has 0 aliphatic carbocycles. The van der Waals surface area contributed by atoms with Crippen molar-refractivity contribution in [3.8, 4) is 0 Å². The predicted octanol–water partition coefficient (Wildman–Crippen LogP) is 3.00. The van der Waals surface area contributed by atoms with Crippen LogP contribution in [-0.2, 0) is 0 Å². The van der Waals surface area contributed by atoms with E-state index in [0.29, 0.717) is 11.8 Å². The van der Waals surface area contributed by atoms with Gasteiger partial charge in [0.25, 0.3) is 0 Å². The Balaban J connectivity index is 2.86. The third-order valence-electron chi connectivity index (χ3n) is 2.94. The average molecular weight is 217 g/mol. The SMILES string of the molecule is CC(C)c1c2cccnc2c(C(C)C)n1N. The normalized spacial score (nSPS) is 11.9. The quantitative estimate of drug-likeness (QED) is 0.786. The van der Waals surface area contributed by atoms with Gasteiger partial charge < -0.3 is 5.84 Å². The number of hydrogen-bond donors (Lipinski definition) is 1. The maximum Gasteiger partial charge on any atom is 0.0937 e. The van der Waals surface area contributed by atoms with Crippen molar-refractivity contribution in [2.75, 3.05) is 5.84 Å². The van der Waals surface area contributed by atoms with Gasteiger partial charge in [0.1, 0.15) is 0 Å². The molecule has 86 valence electrons. The predicted molar refractivity (Wildman–Crippen MR) is 68.1 cm³/mol. The molecule has 0 bridgehead atoms. The Morgan fingerprint density at radius 3 is 2.31 bits per heavy atom. The number of fused-ring (bicyclic) bond motifs is 1. The maximum absolute atomic E-state index is 6.19. The summed E-state index contributed by atoms with van der Waals surface area (Å²) in [4.78, 5) is 4.47. The van der Waals surface area contributed by atoms with E-state index in [1.807, 2.05) is 16.9 Å². The molecule has 0 saturated heterocycles. The van der Waals surface area contributed by atoms with Crippen molar-refractivity contribution in [1.29, 1.82) is 0 Å². The number of hydrogen-bond acceptors (Lipinski definition) is 2. The fourth-order valence-electron chi connectivity index (χ4n) is 2.33. The zero-order valence-corrected chi connectivity index (χ0v) is 10.4. The van der Waals surface area contributed by atoms with Crippen LogP contribution < -0.4 is 5.84 Å². The van der Waals surface area contributed by atoms with Gasteiger partial charge >= 0.3 is 0 Å². The number of nitrogens with two attached hydrogens (primary N) is 1. The zero-order chi connectivity index (χ0) is 11.9. The highest BCUT2D eigenvalue weighted by Crippen LogP contribution is 2.31. The summed E-state index contributed by atoms with van der Waals surface area (Å²) >= 11 is 0. The Kier molecular flexibility index (Phi) is 2.62. The lowest BCUT2D eigenvalue weighted by molar-refractivity contribution is 0.712. The number of aromatic nitrogens is 2. The Hall–Kier alpha value is -1.51. The number of pyridine rings is 1. The second-order valence-electron chi connectivity index (χ2n) is 4.85. The van der Waals surface area contributed by atoms with Crippen molar-refractivity contribution in [2.24, 2.45) is 0 Å². The molecule has 0 spiro atoms. The smallest absolute Gasteiger partial charge is 0.0937 e. The van der Waals surface area contributed by atoms with Crippen molar-refractivity contribution in [3.63, 3.8) is 0 Å². The monoisotopic (exact) mass is 217 g/mol. The first-order valence-corrected chi connectivity index (χ1v) is 5.78. The van der Waals surface area contributed by atoms with E-state index in [1.54, 1.807) is 0 Å². The van der Waals surface area contributed by atoms with Gasteiger partial charge in [-0.25, -0.2) is 0 Å². The van der Waals surface area contributed by atoms with Crippen LogP contribution in [0.25, 0.3) is 10.9 Å². The molecule has 16 heavy (non-hydrogen) atoms. The first kappa shape index (κ1) is 11.0. The maximum atomic E-state index is 6.19. The molecule has 3 heteroatoms. The highest BCUT2D eigenvalue weighted by Gasteiger charge is 2.19. The summed E-state index contributed by atoms with van der Waals surface area (Å²) in [5.74, 6) is 6.99. The fraction of sp³-hybridized carbons (Fsp3) is 0.462. The van der Waals surface area contributed by atoms with E-state index in [0.717, 1.165) is 11.2 Å². The molecular formula is C13H19N3. The van der Waals surface area contributed by atoms with Crippen molar-refractivity contribution in [2.45, 2.75) is 39.5 Å². The Labute approximate surface area is 96.3 Å². The molecule has 0 aliphatic rings. The van der Waals surface area contributed by atoms with Crippen molar-refractivity contribution >= 4 is 10.9 Å². The molecule has 3 nitrogen and oxygen atoms in total. The molecule has 2 heterocycles. The van der Waals surface area contributed by atoms with Crippen LogP contribution in [0.1, 0.15) is 50.9 Å². The van der Waals surface area contributed by atoms with Crippen molar-refractivity contribution in [1.82, 2.24) is 9.66 Å². The Morgan fingerprint density at radius 1 is 1.12 bits per heavy atom. The zero-order valence-electron chi connectivity index (χ0n) is 10.4. The first-order chi connectivity index (χ1) is 7.54. The summed E-state index contributed by atoms with van der Waals surface area (Å²) in [5.41, 5.74) is 3.34. The van der Waals surface area contributed by atoms with Crippen LogP contribution >= 0.6 is 0 Å². The third kappa shape index (κ3) is 1.47. The van der Waals surface area contributed by atoms with Crippen molar-refractivity contribution in [3.05, 3.63) is 29.7 Å². The van der Waals surface area contributed by atoms with Crippen LogP contribution in [0.3, 0.4) is 0 Å². The second-order valence-corrected chi connectivity index (χ2v) is 4.85. The number of rotatable bonds is 2. The first-order valence-electron chi connectivity index (χ1n) is 5.78. The summed E-state index contributed by atoms with van der Waals surface area (Å²) in [6.07, 6.45) is 1.83. The van der Waals surface area contributed by atoms with E-state index in [4.69, 9.17) is 5.84 Å². The van der Waals surface area contributed by atoms with Gasteiger partial charge in [0.05, 0.1) is 16.9 Å². The van der Waals surface area contributed by atoms with Gasteiger partial charge in [-0.3, -0.25) is 9.66 Å². The lowest BCUT2D eigenvalue weighted by atomic mass is 10.1. The van der Waals surface area contributed by atoms with E-state index in [2.05, 4.69) is 38.7 Å². The standard InChI is InChI=1S/C13H19N3/c1-8(2)12-10-6-5-7-15-11(10)13(9(3)4)16(12)14/h5-9H,14H2,1-4H3.